The number of aromatic nitrogens is 2. The van der Waals surface area contributed by atoms with Gasteiger partial charge in [-0.05, 0) is 17.4 Å². The normalized spacial score (nSPS) is 10.9. The van der Waals surface area contributed by atoms with Crippen LogP contribution >= 0.6 is 11.3 Å². The maximum absolute atomic E-state index is 5.76. The van der Waals surface area contributed by atoms with E-state index in [2.05, 4.69) is 23.8 Å². The number of hydrogen-bond acceptors (Lipinski definition) is 4. The molecule has 3 nitrogen and oxygen atoms in total. The van der Waals surface area contributed by atoms with Gasteiger partial charge in [-0.25, -0.2) is 9.97 Å². The number of rotatable bonds is 2. The highest BCUT2D eigenvalue weighted by atomic mass is 32.1. The molecule has 0 aromatic carbocycles. The Balaban J connectivity index is 2.49. The number of nitrogen functional groups attached to an aromatic ring is 1. The third kappa shape index (κ3) is 2.15. The van der Waals surface area contributed by atoms with Crippen LogP contribution < -0.4 is 5.73 Å². The molecule has 78 valence electrons. The van der Waals surface area contributed by atoms with Gasteiger partial charge in [-0.3, -0.25) is 0 Å². The summed E-state index contributed by atoms with van der Waals surface area (Å²) in [4.78, 5) is 9.79. The summed E-state index contributed by atoms with van der Waals surface area (Å²) in [7, 11) is 0. The molecule has 4 heteroatoms. The highest BCUT2D eigenvalue weighted by molar-refractivity contribution is 7.13. The van der Waals surface area contributed by atoms with Crippen molar-refractivity contribution < 1.29 is 0 Å². The fourth-order valence-electron chi connectivity index (χ4n) is 1.30. The SMILES string of the molecule is CC(C)c1cc(N)nc(-c2cccs2)n1. The quantitative estimate of drug-likeness (QED) is 0.845. The average molecular weight is 219 g/mol. The molecular formula is C11H13N3S. The van der Waals surface area contributed by atoms with Gasteiger partial charge in [0.05, 0.1) is 4.88 Å². The second-order valence-electron chi connectivity index (χ2n) is 3.67. The van der Waals surface area contributed by atoms with Crippen LogP contribution in [0.4, 0.5) is 5.82 Å². The van der Waals surface area contributed by atoms with Crippen LogP contribution in [0, 0.1) is 0 Å². The molecule has 2 rings (SSSR count). The van der Waals surface area contributed by atoms with Gasteiger partial charge in [0.25, 0.3) is 0 Å². The smallest absolute Gasteiger partial charge is 0.171 e. The monoisotopic (exact) mass is 219 g/mol. The number of hydrogen-bond donors (Lipinski definition) is 1. The molecule has 2 heterocycles. The van der Waals surface area contributed by atoms with Crippen LogP contribution in [0.15, 0.2) is 23.6 Å². The summed E-state index contributed by atoms with van der Waals surface area (Å²) in [6.45, 7) is 4.19. The van der Waals surface area contributed by atoms with E-state index >= 15 is 0 Å². The third-order valence-corrected chi connectivity index (χ3v) is 2.96. The van der Waals surface area contributed by atoms with E-state index in [9.17, 15) is 0 Å². The standard InChI is InChI=1S/C11H13N3S/c1-7(2)8-6-10(12)14-11(13-8)9-4-3-5-15-9/h3-7H,1-2H3,(H2,12,13,14). The fourth-order valence-corrected chi connectivity index (χ4v) is 1.95. The summed E-state index contributed by atoms with van der Waals surface area (Å²) in [5.74, 6) is 1.64. The molecule has 0 radical (unpaired) electrons. The van der Waals surface area contributed by atoms with E-state index in [4.69, 9.17) is 5.73 Å². The van der Waals surface area contributed by atoms with Crippen molar-refractivity contribution in [1.29, 1.82) is 0 Å². The lowest BCUT2D eigenvalue weighted by atomic mass is 10.1. The van der Waals surface area contributed by atoms with Crippen LogP contribution in [-0.2, 0) is 0 Å². The molecule has 2 aromatic heterocycles. The molecule has 2 aromatic rings. The predicted molar refractivity (Wildman–Crippen MR) is 63.8 cm³/mol. The van der Waals surface area contributed by atoms with E-state index in [1.165, 1.54) is 0 Å². The zero-order chi connectivity index (χ0) is 10.8. The third-order valence-electron chi connectivity index (χ3n) is 2.10. The van der Waals surface area contributed by atoms with Crippen molar-refractivity contribution >= 4 is 17.2 Å². The Kier molecular flexibility index (Phi) is 2.68. The van der Waals surface area contributed by atoms with Gasteiger partial charge in [0.1, 0.15) is 5.82 Å². The van der Waals surface area contributed by atoms with Crippen molar-refractivity contribution in [1.82, 2.24) is 9.97 Å². The van der Waals surface area contributed by atoms with Crippen LogP contribution in [0.3, 0.4) is 0 Å². The van der Waals surface area contributed by atoms with E-state index < -0.39 is 0 Å². The lowest BCUT2D eigenvalue weighted by Crippen LogP contribution is -2.00. The van der Waals surface area contributed by atoms with Gasteiger partial charge >= 0.3 is 0 Å². The van der Waals surface area contributed by atoms with E-state index in [0.29, 0.717) is 11.7 Å². The predicted octanol–water partition coefficient (Wildman–Crippen LogP) is 2.91. The van der Waals surface area contributed by atoms with Crippen molar-refractivity contribution in [2.24, 2.45) is 0 Å². The summed E-state index contributed by atoms with van der Waals surface area (Å²) in [5.41, 5.74) is 6.75. The highest BCUT2D eigenvalue weighted by Crippen LogP contribution is 2.24. The minimum atomic E-state index is 0.369. The van der Waals surface area contributed by atoms with Gasteiger partial charge in [0.2, 0.25) is 0 Å². The molecule has 0 unspecified atom stereocenters. The average Bonchev–Trinajstić information content (AvgIpc) is 2.69. The Morgan fingerprint density at radius 1 is 1.33 bits per heavy atom. The number of nitrogens with two attached hydrogens (primary N) is 1. The molecule has 0 atom stereocenters. The van der Waals surface area contributed by atoms with Gasteiger partial charge in [0, 0.05) is 11.8 Å². The van der Waals surface area contributed by atoms with Crippen molar-refractivity contribution in [3.63, 3.8) is 0 Å². The van der Waals surface area contributed by atoms with Crippen LogP contribution in [0.25, 0.3) is 10.7 Å². The van der Waals surface area contributed by atoms with Gasteiger partial charge < -0.3 is 5.73 Å². The lowest BCUT2D eigenvalue weighted by molar-refractivity contribution is 0.819. The zero-order valence-corrected chi connectivity index (χ0v) is 9.58. The highest BCUT2D eigenvalue weighted by Gasteiger charge is 2.08. The van der Waals surface area contributed by atoms with Crippen molar-refractivity contribution in [2.45, 2.75) is 19.8 Å². The Labute approximate surface area is 93.0 Å². The molecule has 2 N–H and O–H groups in total. The lowest BCUT2D eigenvalue weighted by Gasteiger charge is -2.06. The Morgan fingerprint density at radius 2 is 2.13 bits per heavy atom. The van der Waals surface area contributed by atoms with Gasteiger partial charge in [-0.1, -0.05) is 19.9 Å². The van der Waals surface area contributed by atoms with Crippen molar-refractivity contribution in [3.8, 4) is 10.7 Å². The Morgan fingerprint density at radius 3 is 2.73 bits per heavy atom. The largest absolute Gasteiger partial charge is 0.384 e. The van der Waals surface area contributed by atoms with Gasteiger partial charge in [0.15, 0.2) is 5.82 Å². The molecule has 0 bridgehead atoms. The first kappa shape index (κ1) is 10.1. The van der Waals surface area contributed by atoms with Crippen LogP contribution in [-0.4, -0.2) is 9.97 Å². The van der Waals surface area contributed by atoms with Crippen molar-refractivity contribution in [2.75, 3.05) is 5.73 Å². The number of thiophene rings is 1. The fraction of sp³-hybridized carbons (Fsp3) is 0.273. The van der Waals surface area contributed by atoms with Gasteiger partial charge in [-0.2, -0.15) is 0 Å². The van der Waals surface area contributed by atoms with E-state index in [0.717, 1.165) is 16.4 Å². The summed E-state index contributed by atoms with van der Waals surface area (Å²) in [6.07, 6.45) is 0. The molecule has 0 fully saturated rings. The summed E-state index contributed by atoms with van der Waals surface area (Å²) >= 11 is 1.62. The topological polar surface area (TPSA) is 51.8 Å². The summed E-state index contributed by atoms with van der Waals surface area (Å²) < 4.78 is 0. The first-order valence-electron chi connectivity index (χ1n) is 4.85. The van der Waals surface area contributed by atoms with Gasteiger partial charge in [-0.15, -0.1) is 11.3 Å². The Hall–Kier alpha value is -1.42. The molecule has 0 aliphatic rings. The summed E-state index contributed by atoms with van der Waals surface area (Å²) in [6, 6.07) is 5.83. The minimum absolute atomic E-state index is 0.369. The maximum Gasteiger partial charge on any atom is 0.171 e. The minimum Gasteiger partial charge on any atom is -0.384 e. The molecule has 0 spiro atoms. The maximum atomic E-state index is 5.76. The molecule has 0 saturated heterocycles. The number of anilines is 1. The first-order chi connectivity index (χ1) is 7.16. The van der Waals surface area contributed by atoms with E-state index in [-0.39, 0.29) is 0 Å². The molecular weight excluding hydrogens is 206 g/mol. The molecule has 0 saturated carbocycles. The van der Waals surface area contributed by atoms with Crippen molar-refractivity contribution in [3.05, 3.63) is 29.3 Å². The van der Waals surface area contributed by atoms with E-state index in [1.807, 2.05) is 23.6 Å². The molecule has 0 aliphatic heterocycles. The summed E-state index contributed by atoms with van der Waals surface area (Å²) in [5, 5.41) is 2.01. The number of nitrogens with zero attached hydrogens (tertiary/aromatic N) is 2. The first-order valence-corrected chi connectivity index (χ1v) is 5.73. The Bertz CT molecular complexity index is 449. The van der Waals surface area contributed by atoms with Crippen LogP contribution in [0.1, 0.15) is 25.5 Å². The second kappa shape index (κ2) is 3.98. The van der Waals surface area contributed by atoms with Crippen LogP contribution in [0.5, 0.6) is 0 Å². The van der Waals surface area contributed by atoms with Crippen LogP contribution in [0.2, 0.25) is 0 Å². The molecule has 15 heavy (non-hydrogen) atoms. The molecule has 0 amide bonds. The zero-order valence-electron chi connectivity index (χ0n) is 8.77. The van der Waals surface area contributed by atoms with E-state index in [1.54, 1.807) is 11.3 Å². The second-order valence-corrected chi connectivity index (χ2v) is 4.62. The molecule has 0 aliphatic carbocycles.